The number of rotatable bonds is 6. The number of ketones is 1. The molecule has 0 fully saturated rings. The second kappa shape index (κ2) is 6.50. The van der Waals surface area contributed by atoms with Gasteiger partial charge in [-0.05, 0) is 30.0 Å². The highest BCUT2D eigenvalue weighted by Crippen LogP contribution is 2.15. The average molecular weight is 237 g/mol. The van der Waals surface area contributed by atoms with Crippen LogP contribution in [0.3, 0.4) is 0 Å². The van der Waals surface area contributed by atoms with Gasteiger partial charge in [0.1, 0.15) is 11.6 Å². The van der Waals surface area contributed by atoms with Gasteiger partial charge in [-0.25, -0.2) is 4.39 Å². The Morgan fingerprint density at radius 2 is 2.12 bits per heavy atom. The average Bonchev–Trinajstić information content (AvgIpc) is 2.25. The van der Waals surface area contributed by atoms with Gasteiger partial charge in [0.2, 0.25) is 0 Å². The molecule has 1 atom stereocenters. The Kier molecular flexibility index (Phi) is 5.29. The molecule has 0 amide bonds. The maximum absolute atomic E-state index is 13.0. The summed E-state index contributed by atoms with van der Waals surface area (Å²) < 4.78 is 13.0. The van der Waals surface area contributed by atoms with Gasteiger partial charge in [-0.15, -0.1) is 0 Å². The van der Waals surface area contributed by atoms with E-state index >= 15 is 0 Å². The van der Waals surface area contributed by atoms with E-state index in [0.29, 0.717) is 12.5 Å². The number of benzene rings is 1. The molecule has 1 rings (SSSR count). The number of carbonyl (C=O) groups is 1. The van der Waals surface area contributed by atoms with Crippen LogP contribution < -0.4 is 5.73 Å². The Balaban J connectivity index is 2.64. The van der Waals surface area contributed by atoms with E-state index in [1.54, 1.807) is 12.1 Å². The smallest absolute Gasteiger partial charge is 0.141 e. The quantitative estimate of drug-likeness (QED) is 0.826. The molecule has 0 aliphatic rings. The van der Waals surface area contributed by atoms with Gasteiger partial charge in [-0.1, -0.05) is 26.0 Å². The molecule has 1 aromatic carbocycles. The highest BCUT2D eigenvalue weighted by Gasteiger charge is 2.18. The van der Waals surface area contributed by atoms with Gasteiger partial charge in [0, 0.05) is 18.9 Å². The normalized spacial score (nSPS) is 12.8. The summed E-state index contributed by atoms with van der Waals surface area (Å²) in [5.74, 6) is 0.133. The fourth-order valence-corrected chi connectivity index (χ4v) is 1.92. The van der Waals surface area contributed by atoms with Crippen molar-refractivity contribution >= 4 is 5.78 Å². The van der Waals surface area contributed by atoms with Crippen molar-refractivity contribution in [2.75, 3.05) is 6.54 Å². The standard InChI is InChI=1S/C14H20FNO/c1-10(2)6-12(9-16)14(17)8-11-4-3-5-13(15)7-11/h3-5,7,10,12H,6,8-9,16H2,1-2H3. The minimum atomic E-state index is -0.302. The van der Waals surface area contributed by atoms with Crippen molar-refractivity contribution in [1.29, 1.82) is 0 Å². The molecular weight excluding hydrogens is 217 g/mol. The molecule has 3 heteroatoms. The fraction of sp³-hybridized carbons (Fsp3) is 0.500. The molecule has 1 unspecified atom stereocenters. The molecule has 0 spiro atoms. The second-order valence-electron chi connectivity index (χ2n) is 4.84. The lowest BCUT2D eigenvalue weighted by Gasteiger charge is -2.15. The first kappa shape index (κ1) is 13.8. The lowest BCUT2D eigenvalue weighted by Crippen LogP contribution is -2.26. The van der Waals surface area contributed by atoms with E-state index < -0.39 is 0 Å². The zero-order valence-corrected chi connectivity index (χ0v) is 10.4. The molecule has 0 radical (unpaired) electrons. The lowest BCUT2D eigenvalue weighted by atomic mass is 9.90. The van der Waals surface area contributed by atoms with Gasteiger partial charge in [-0.3, -0.25) is 4.79 Å². The van der Waals surface area contributed by atoms with E-state index in [2.05, 4.69) is 13.8 Å². The Hall–Kier alpha value is -1.22. The largest absolute Gasteiger partial charge is 0.330 e. The van der Waals surface area contributed by atoms with Gasteiger partial charge < -0.3 is 5.73 Å². The van der Waals surface area contributed by atoms with E-state index in [4.69, 9.17) is 5.73 Å². The van der Waals surface area contributed by atoms with Crippen LogP contribution in [0.5, 0.6) is 0 Å². The maximum atomic E-state index is 13.0. The first-order valence-corrected chi connectivity index (χ1v) is 6.00. The van der Waals surface area contributed by atoms with Crippen molar-refractivity contribution in [2.24, 2.45) is 17.6 Å². The maximum Gasteiger partial charge on any atom is 0.141 e. The van der Waals surface area contributed by atoms with E-state index in [-0.39, 0.29) is 23.9 Å². The molecule has 2 nitrogen and oxygen atoms in total. The SMILES string of the molecule is CC(C)CC(CN)C(=O)Cc1cccc(F)c1. The summed E-state index contributed by atoms with van der Waals surface area (Å²) in [6.45, 7) is 4.50. The molecule has 94 valence electrons. The molecule has 0 aliphatic heterocycles. The summed E-state index contributed by atoms with van der Waals surface area (Å²) in [7, 11) is 0. The van der Waals surface area contributed by atoms with E-state index in [1.807, 2.05) is 0 Å². The second-order valence-corrected chi connectivity index (χ2v) is 4.84. The molecule has 0 saturated carbocycles. The first-order chi connectivity index (χ1) is 8.02. The van der Waals surface area contributed by atoms with Gasteiger partial charge in [0.05, 0.1) is 0 Å². The summed E-state index contributed by atoms with van der Waals surface area (Å²) in [6, 6.07) is 6.17. The molecule has 0 aliphatic carbocycles. The minimum Gasteiger partial charge on any atom is -0.330 e. The molecule has 1 aromatic rings. The summed E-state index contributed by atoms with van der Waals surface area (Å²) >= 11 is 0. The van der Waals surface area contributed by atoms with Gasteiger partial charge >= 0.3 is 0 Å². The number of hydrogen-bond acceptors (Lipinski definition) is 2. The monoisotopic (exact) mass is 237 g/mol. The number of Topliss-reactive ketones (excluding diaryl/α,β-unsaturated/α-hetero) is 1. The molecule has 0 aromatic heterocycles. The van der Waals surface area contributed by atoms with Crippen molar-refractivity contribution in [3.05, 3.63) is 35.6 Å². The zero-order valence-electron chi connectivity index (χ0n) is 10.4. The highest BCUT2D eigenvalue weighted by molar-refractivity contribution is 5.83. The van der Waals surface area contributed by atoms with Crippen LogP contribution in [0.1, 0.15) is 25.8 Å². The van der Waals surface area contributed by atoms with Crippen LogP contribution in [0.25, 0.3) is 0 Å². The Morgan fingerprint density at radius 3 is 2.65 bits per heavy atom. The predicted molar refractivity (Wildman–Crippen MR) is 67.1 cm³/mol. The van der Waals surface area contributed by atoms with Crippen molar-refractivity contribution in [1.82, 2.24) is 0 Å². The number of hydrogen-bond donors (Lipinski definition) is 1. The molecule has 0 saturated heterocycles. The lowest BCUT2D eigenvalue weighted by molar-refractivity contribution is -0.122. The van der Waals surface area contributed by atoms with Crippen LogP contribution in [0.15, 0.2) is 24.3 Å². The topological polar surface area (TPSA) is 43.1 Å². The summed E-state index contributed by atoms with van der Waals surface area (Å²) in [4.78, 5) is 12.0. The van der Waals surface area contributed by atoms with Gasteiger partial charge in [0.15, 0.2) is 0 Å². The molecule has 0 bridgehead atoms. The van der Waals surface area contributed by atoms with Crippen LogP contribution in [0, 0.1) is 17.7 Å². The summed E-state index contributed by atoms with van der Waals surface area (Å²) in [6.07, 6.45) is 1.07. The van der Waals surface area contributed by atoms with Crippen LogP contribution in [0.2, 0.25) is 0 Å². The van der Waals surface area contributed by atoms with Crippen molar-refractivity contribution in [3.63, 3.8) is 0 Å². The Labute approximate surface area is 102 Å². The summed E-state index contributed by atoms with van der Waals surface area (Å²) in [5, 5.41) is 0. The number of nitrogens with two attached hydrogens (primary N) is 1. The Bertz CT molecular complexity index is 376. The van der Waals surface area contributed by atoms with Crippen molar-refractivity contribution in [2.45, 2.75) is 26.7 Å². The minimum absolute atomic E-state index is 0.104. The van der Waals surface area contributed by atoms with E-state index in [0.717, 1.165) is 12.0 Å². The molecule has 0 heterocycles. The first-order valence-electron chi connectivity index (χ1n) is 6.00. The molecular formula is C14H20FNO. The third-order valence-electron chi connectivity index (χ3n) is 2.76. The van der Waals surface area contributed by atoms with Gasteiger partial charge in [0.25, 0.3) is 0 Å². The van der Waals surface area contributed by atoms with Crippen LogP contribution >= 0.6 is 0 Å². The number of halogens is 1. The fourth-order valence-electron chi connectivity index (χ4n) is 1.92. The van der Waals surface area contributed by atoms with E-state index in [1.165, 1.54) is 12.1 Å². The van der Waals surface area contributed by atoms with Gasteiger partial charge in [-0.2, -0.15) is 0 Å². The highest BCUT2D eigenvalue weighted by atomic mass is 19.1. The zero-order chi connectivity index (χ0) is 12.8. The van der Waals surface area contributed by atoms with Crippen LogP contribution in [0.4, 0.5) is 4.39 Å². The third-order valence-corrected chi connectivity index (χ3v) is 2.76. The van der Waals surface area contributed by atoms with Crippen LogP contribution in [-0.4, -0.2) is 12.3 Å². The molecule has 2 N–H and O–H groups in total. The van der Waals surface area contributed by atoms with E-state index in [9.17, 15) is 9.18 Å². The van der Waals surface area contributed by atoms with Crippen molar-refractivity contribution in [3.8, 4) is 0 Å². The Morgan fingerprint density at radius 1 is 1.41 bits per heavy atom. The van der Waals surface area contributed by atoms with Crippen LogP contribution in [-0.2, 0) is 11.2 Å². The summed E-state index contributed by atoms with van der Waals surface area (Å²) in [5.41, 5.74) is 6.33. The molecule has 17 heavy (non-hydrogen) atoms. The third kappa shape index (κ3) is 4.65. The van der Waals surface area contributed by atoms with Crippen molar-refractivity contribution < 1.29 is 9.18 Å². The number of carbonyl (C=O) groups excluding carboxylic acids is 1. The predicted octanol–water partition coefficient (Wildman–Crippen LogP) is 2.56.